The van der Waals surface area contributed by atoms with Crippen molar-refractivity contribution in [1.29, 1.82) is 0 Å². The highest BCUT2D eigenvalue weighted by molar-refractivity contribution is 14.0. The number of nitrogens with zero attached hydrogens (tertiary/aromatic N) is 5. The summed E-state index contributed by atoms with van der Waals surface area (Å²) in [6.45, 7) is 8.71. The number of halogens is 1. The molecule has 4 rings (SSSR count). The topological polar surface area (TPSA) is 76.8 Å². The molecule has 1 aromatic carbocycles. The summed E-state index contributed by atoms with van der Waals surface area (Å²) in [6, 6.07) is 8.44. The van der Waals surface area contributed by atoms with E-state index in [-0.39, 0.29) is 30.0 Å². The Labute approximate surface area is 201 Å². The average Bonchev–Trinajstić information content (AvgIpc) is 3.37. The van der Waals surface area contributed by atoms with Crippen LogP contribution in [0.1, 0.15) is 43.0 Å². The van der Waals surface area contributed by atoms with Crippen LogP contribution in [0.25, 0.3) is 0 Å². The van der Waals surface area contributed by atoms with Crippen LogP contribution < -0.4 is 10.1 Å². The minimum Gasteiger partial charge on any atom is -0.493 e. The van der Waals surface area contributed by atoms with E-state index in [0.29, 0.717) is 19.1 Å². The van der Waals surface area contributed by atoms with Crippen LogP contribution in [0.4, 0.5) is 0 Å². The van der Waals surface area contributed by atoms with Gasteiger partial charge in [0, 0.05) is 44.6 Å². The van der Waals surface area contributed by atoms with Crippen molar-refractivity contribution < 1.29 is 9.47 Å². The predicted molar refractivity (Wildman–Crippen MR) is 131 cm³/mol. The first kappa shape index (κ1) is 23.8. The second kappa shape index (κ2) is 11.1. The lowest BCUT2D eigenvalue weighted by atomic mass is 10.0. The van der Waals surface area contributed by atoms with Gasteiger partial charge in [0.25, 0.3) is 0 Å². The summed E-state index contributed by atoms with van der Waals surface area (Å²) in [5.74, 6) is 4.18. The zero-order valence-corrected chi connectivity index (χ0v) is 20.9. The van der Waals surface area contributed by atoms with E-state index in [0.717, 1.165) is 62.5 Å². The maximum Gasteiger partial charge on any atom is 0.194 e. The Morgan fingerprint density at radius 3 is 2.90 bits per heavy atom. The zero-order valence-electron chi connectivity index (χ0n) is 18.6. The van der Waals surface area contributed by atoms with Gasteiger partial charge in [0.15, 0.2) is 11.8 Å². The van der Waals surface area contributed by atoms with Crippen molar-refractivity contribution >= 4 is 29.9 Å². The molecule has 0 aliphatic carbocycles. The molecule has 0 saturated carbocycles. The van der Waals surface area contributed by atoms with Crippen molar-refractivity contribution in [2.24, 2.45) is 18.0 Å². The fourth-order valence-electron chi connectivity index (χ4n) is 4.06. The minimum absolute atomic E-state index is 0. The van der Waals surface area contributed by atoms with Gasteiger partial charge >= 0.3 is 0 Å². The Bertz CT molecular complexity index is 887. The van der Waals surface area contributed by atoms with Crippen LogP contribution in [0, 0.1) is 12.8 Å². The molecule has 2 unspecified atom stereocenters. The van der Waals surface area contributed by atoms with Gasteiger partial charge in [0.1, 0.15) is 18.1 Å². The molecular formula is C22H33IN6O2. The number of ether oxygens (including phenoxy) is 2. The highest BCUT2D eigenvalue weighted by Gasteiger charge is 2.28. The molecule has 31 heavy (non-hydrogen) atoms. The summed E-state index contributed by atoms with van der Waals surface area (Å²) >= 11 is 0. The quantitative estimate of drug-likeness (QED) is 0.345. The molecular weight excluding hydrogens is 507 g/mol. The third-order valence-electron chi connectivity index (χ3n) is 5.96. The molecule has 0 bridgehead atoms. The third kappa shape index (κ3) is 5.68. The Kier molecular flexibility index (Phi) is 8.53. The number of guanidine groups is 1. The van der Waals surface area contributed by atoms with Gasteiger partial charge < -0.3 is 24.3 Å². The number of nitrogens with one attached hydrogen (secondary N) is 1. The molecule has 8 nitrogen and oxygen atoms in total. The lowest BCUT2D eigenvalue weighted by Gasteiger charge is -2.31. The number of aryl methyl sites for hydroxylation is 1. The van der Waals surface area contributed by atoms with Gasteiger partial charge in [-0.05, 0) is 26.3 Å². The zero-order chi connectivity index (χ0) is 20.9. The second-order valence-electron chi connectivity index (χ2n) is 7.99. The first-order valence-corrected chi connectivity index (χ1v) is 10.9. The number of para-hydroxylation sites is 1. The molecule has 1 saturated heterocycles. The van der Waals surface area contributed by atoms with Gasteiger partial charge in [0.2, 0.25) is 0 Å². The van der Waals surface area contributed by atoms with Gasteiger partial charge in [-0.25, -0.2) is 4.99 Å². The number of fused-ring (bicyclic) bond motifs is 1. The molecule has 2 aliphatic heterocycles. The van der Waals surface area contributed by atoms with Crippen molar-refractivity contribution in [2.45, 2.75) is 39.3 Å². The molecule has 0 radical (unpaired) electrons. The van der Waals surface area contributed by atoms with Gasteiger partial charge in [-0.1, -0.05) is 18.2 Å². The number of hydrogen-bond donors (Lipinski definition) is 1. The number of benzene rings is 1. The summed E-state index contributed by atoms with van der Waals surface area (Å²) in [5, 5.41) is 12.2. The summed E-state index contributed by atoms with van der Waals surface area (Å²) in [7, 11) is 1.98. The summed E-state index contributed by atoms with van der Waals surface area (Å²) < 4.78 is 13.5. The predicted octanol–water partition coefficient (Wildman–Crippen LogP) is 3.07. The van der Waals surface area contributed by atoms with Crippen LogP contribution >= 0.6 is 24.0 Å². The molecule has 1 N–H and O–H groups in total. The number of aliphatic imine (C=N–C) groups is 1. The summed E-state index contributed by atoms with van der Waals surface area (Å²) in [4.78, 5) is 7.31. The standard InChI is InChI=1S/C22H32N6O2.HI/c1-4-29-15-17-9-11-28(14-17)22(23-13-21-26-25-16(2)27(21)3)24-19-10-12-30-20-8-6-5-7-18(19)20;/h5-8,17,19H,4,9-15H2,1-3H3,(H,23,24);1H. The smallest absolute Gasteiger partial charge is 0.194 e. The van der Waals surface area contributed by atoms with Crippen molar-refractivity contribution in [2.75, 3.05) is 32.9 Å². The average molecular weight is 540 g/mol. The summed E-state index contributed by atoms with van der Waals surface area (Å²) in [6.07, 6.45) is 2.03. The molecule has 1 aromatic heterocycles. The molecule has 2 aromatic rings. The van der Waals surface area contributed by atoms with Crippen LogP contribution in [-0.4, -0.2) is 58.5 Å². The van der Waals surface area contributed by atoms with E-state index in [2.05, 4.69) is 32.5 Å². The minimum atomic E-state index is 0. The molecule has 2 aliphatic rings. The highest BCUT2D eigenvalue weighted by atomic mass is 127. The van der Waals surface area contributed by atoms with Crippen LogP contribution in [0.15, 0.2) is 29.3 Å². The fraction of sp³-hybridized carbons (Fsp3) is 0.591. The number of rotatable bonds is 6. The Morgan fingerprint density at radius 2 is 2.13 bits per heavy atom. The number of likely N-dealkylation sites (tertiary alicyclic amines) is 1. The Balaban J connectivity index is 0.00000272. The van der Waals surface area contributed by atoms with Gasteiger partial charge in [-0.2, -0.15) is 0 Å². The van der Waals surface area contributed by atoms with E-state index in [1.165, 1.54) is 5.56 Å². The van der Waals surface area contributed by atoms with Crippen LogP contribution in [-0.2, 0) is 18.3 Å². The SMILES string of the molecule is CCOCC1CCN(C(=NCc2nnc(C)n2C)NC2CCOc3ccccc32)C1.I. The molecule has 170 valence electrons. The van der Waals surface area contributed by atoms with Crippen molar-refractivity contribution in [3.05, 3.63) is 41.5 Å². The maximum atomic E-state index is 5.84. The van der Waals surface area contributed by atoms with Crippen molar-refractivity contribution in [1.82, 2.24) is 25.0 Å². The first-order valence-electron chi connectivity index (χ1n) is 10.9. The van der Waals surface area contributed by atoms with E-state index < -0.39 is 0 Å². The van der Waals surface area contributed by atoms with Crippen LogP contribution in [0.3, 0.4) is 0 Å². The molecule has 9 heteroatoms. The van der Waals surface area contributed by atoms with Crippen LogP contribution in [0.2, 0.25) is 0 Å². The van der Waals surface area contributed by atoms with Gasteiger partial charge in [0.05, 0.1) is 19.3 Å². The lowest BCUT2D eigenvalue weighted by Crippen LogP contribution is -2.43. The van der Waals surface area contributed by atoms with E-state index in [1.807, 2.05) is 37.6 Å². The number of aromatic nitrogens is 3. The molecule has 3 heterocycles. The van der Waals surface area contributed by atoms with E-state index in [1.54, 1.807) is 0 Å². The van der Waals surface area contributed by atoms with Gasteiger partial charge in [-0.3, -0.25) is 0 Å². The van der Waals surface area contributed by atoms with E-state index in [4.69, 9.17) is 14.5 Å². The number of hydrogen-bond acceptors (Lipinski definition) is 5. The Hall–Kier alpha value is -1.88. The molecule has 2 atom stereocenters. The Morgan fingerprint density at radius 1 is 1.29 bits per heavy atom. The van der Waals surface area contributed by atoms with Crippen molar-refractivity contribution in [3.63, 3.8) is 0 Å². The lowest BCUT2D eigenvalue weighted by molar-refractivity contribution is 0.114. The van der Waals surface area contributed by atoms with Gasteiger partial charge in [-0.15, -0.1) is 34.2 Å². The third-order valence-corrected chi connectivity index (χ3v) is 5.96. The van der Waals surface area contributed by atoms with Crippen LogP contribution in [0.5, 0.6) is 5.75 Å². The summed E-state index contributed by atoms with van der Waals surface area (Å²) in [5.41, 5.74) is 1.19. The monoisotopic (exact) mass is 540 g/mol. The second-order valence-corrected chi connectivity index (χ2v) is 7.99. The first-order chi connectivity index (χ1) is 14.7. The molecule has 0 amide bonds. The van der Waals surface area contributed by atoms with E-state index >= 15 is 0 Å². The largest absolute Gasteiger partial charge is 0.493 e. The highest BCUT2D eigenvalue weighted by Crippen LogP contribution is 2.32. The normalized spacial score (nSPS) is 20.7. The molecule has 1 fully saturated rings. The van der Waals surface area contributed by atoms with E-state index in [9.17, 15) is 0 Å². The maximum absolute atomic E-state index is 5.84. The fourth-order valence-corrected chi connectivity index (χ4v) is 4.06. The van der Waals surface area contributed by atoms with Crippen molar-refractivity contribution in [3.8, 4) is 5.75 Å². The molecule has 0 spiro atoms.